The maximum Gasteiger partial charge on any atom is 0.374 e. The molecular formula is C24H36O14S2. The number of aromatic hydroxyl groups is 2. The van der Waals surface area contributed by atoms with Crippen molar-refractivity contribution in [2.45, 2.75) is 41.5 Å². The number of carbonyl (C=O) groups is 9. The van der Waals surface area contributed by atoms with E-state index >= 15 is 0 Å². The number of hydrogen-bond acceptors (Lipinski definition) is 16. The van der Waals surface area contributed by atoms with Crippen molar-refractivity contribution in [3.05, 3.63) is 9.75 Å². The fraction of sp³-hybridized carbons (Fsp3) is 0.458. The summed E-state index contributed by atoms with van der Waals surface area (Å²) in [6.07, 6.45) is 0. The summed E-state index contributed by atoms with van der Waals surface area (Å²) in [6.45, 7) is 15.8. The van der Waals surface area contributed by atoms with Gasteiger partial charge in [0.05, 0.1) is 31.3 Å². The quantitative estimate of drug-likeness (QED) is 0.167. The SMILES string of the molecule is C=O.C=O.C=O.CCOC(=O)C(C)=O.CCOC(=O)CSCC(C)=O.CCOC(=O)c1sc(C(C)=O)c(O)c1O. The van der Waals surface area contributed by atoms with Gasteiger partial charge >= 0.3 is 17.9 Å². The molecule has 0 aromatic carbocycles. The van der Waals surface area contributed by atoms with Crippen LogP contribution < -0.4 is 0 Å². The van der Waals surface area contributed by atoms with Gasteiger partial charge in [-0.25, -0.2) is 9.59 Å². The van der Waals surface area contributed by atoms with E-state index in [9.17, 15) is 39.0 Å². The third kappa shape index (κ3) is 24.4. The first-order valence-electron chi connectivity index (χ1n) is 10.8. The summed E-state index contributed by atoms with van der Waals surface area (Å²) in [5, 5.41) is 18.7. The molecule has 0 saturated carbocycles. The summed E-state index contributed by atoms with van der Waals surface area (Å²) >= 11 is 2.00. The van der Waals surface area contributed by atoms with Gasteiger partial charge in [-0.3, -0.25) is 19.2 Å². The van der Waals surface area contributed by atoms with Crippen LogP contribution in [0.4, 0.5) is 0 Å². The number of carbonyl (C=O) groups excluding carboxylic acids is 9. The fourth-order valence-electron chi connectivity index (χ4n) is 1.70. The van der Waals surface area contributed by atoms with Crippen LogP contribution in [0, 0.1) is 0 Å². The van der Waals surface area contributed by atoms with Gasteiger partial charge in [0.25, 0.3) is 0 Å². The molecule has 228 valence electrons. The van der Waals surface area contributed by atoms with Crippen LogP contribution >= 0.6 is 23.1 Å². The van der Waals surface area contributed by atoms with Gasteiger partial charge in [-0.1, -0.05) is 0 Å². The molecule has 1 heterocycles. The van der Waals surface area contributed by atoms with Crippen LogP contribution in [0.3, 0.4) is 0 Å². The van der Waals surface area contributed by atoms with Crippen molar-refractivity contribution < 1.29 is 67.6 Å². The first kappa shape index (κ1) is 46.0. The van der Waals surface area contributed by atoms with Gasteiger partial charge in [0, 0.05) is 13.8 Å². The lowest BCUT2D eigenvalue weighted by molar-refractivity contribution is -0.152. The summed E-state index contributed by atoms with van der Waals surface area (Å²) in [7, 11) is 0. The molecule has 0 amide bonds. The van der Waals surface area contributed by atoms with E-state index in [0.717, 1.165) is 11.3 Å². The zero-order valence-electron chi connectivity index (χ0n) is 23.3. The van der Waals surface area contributed by atoms with E-state index in [1.54, 1.807) is 20.8 Å². The molecule has 0 aliphatic heterocycles. The molecular weight excluding hydrogens is 576 g/mol. The van der Waals surface area contributed by atoms with Crippen molar-refractivity contribution in [2.75, 3.05) is 31.3 Å². The summed E-state index contributed by atoms with van der Waals surface area (Å²) in [5.74, 6) is -3.13. The highest BCUT2D eigenvalue weighted by Gasteiger charge is 2.25. The largest absolute Gasteiger partial charge is 0.503 e. The Labute approximate surface area is 240 Å². The molecule has 0 aliphatic carbocycles. The fourth-order valence-corrected chi connectivity index (χ4v) is 3.22. The molecule has 0 bridgehead atoms. The Hall–Kier alpha value is -3.92. The van der Waals surface area contributed by atoms with Crippen LogP contribution in [0.1, 0.15) is 60.9 Å². The molecule has 0 atom stereocenters. The van der Waals surface area contributed by atoms with E-state index in [0.29, 0.717) is 12.4 Å². The molecule has 0 fully saturated rings. The molecule has 1 aromatic rings. The highest BCUT2D eigenvalue weighted by atomic mass is 32.2. The van der Waals surface area contributed by atoms with Crippen LogP contribution in [-0.4, -0.2) is 97.2 Å². The highest BCUT2D eigenvalue weighted by Crippen LogP contribution is 2.40. The standard InChI is InChI=1S/C9H10O5S.C7H12O3S.C5H8O3.3CH2O/c1-3-14-9(13)8-6(12)5(11)7(15-8)4(2)10;1-3-10-7(9)5-11-4-6(2)8;1-3-8-5(7)4(2)6;3*1-2/h11-12H,3H2,1-2H3;3-5H2,1-2H3;3H2,1-2H3;3*1H2. The second-order valence-corrected chi connectivity index (χ2v) is 8.02. The maximum atomic E-state index is 11.3. The Kier molecular flexibility index (Phi) is 36.0. The monoisotopic (exact) mass is 612 g/mol. The predicted octanol–water partition coefficient (Wildman–Crippen LogP) is 1.99. The van der Waals surface area contributed by atoms with Gasteiger partial charge in [-0.05, 0) is 27.7 Å². The number of esters is 3. The summed E-state index contributed by atoms with van der Waals surface area (Å²) in [6, 6.07) is 0. The average Bonchev–Trinajstić information content (AvgIpc) is 3.23. The molecule has 0 radical (unpaired) electrons. The minimum Gasteiger partial charge on any atom is -0.503 e. The van der Waals surface area contributed by atoms with E-state index in [1.165, 1.54) is 32.5 Å². The second-order valence-electron chi connectivity index (χ2n) is 6.01. The molecule has 0 spiro atoms. The number of ether oxygens (including phenoxy) is 3. The Bertz CT molecular complexity index is 907. The number of thioether (sulfide) groups is 1. The number of rotatable bonds is 10. The lowest BCUT2D eigenvalue weighted by atomic mass is 10.3. The van der Waals surface area contributed by atoms with Crippen LogP contribution in [0.25, 0.3) is 0 Å². The molecule has 16 heteroatoms. The molecule has 0 aliphatic rings. The maximum absolute atomic E-state index is 11.3. The molecule has 1 aromatic heterocycles. The van der Waals surface area contributed by atoms with Crippen molar-refractivity contribution in [3.63, 3.8) is 0 Å². The summed E-state index contributed by atoms with van der Waals surface area (Å²) in [4.78, 5) is 87.4. The van der Waals surface area contributed by atoms with Crippen molar-refractivity contribution in [2.24, 2.45) is 0 Å². The Balaban J connectivity index is -0.000000145. The van der Waals surface area contributed by atoms with E-state index in [1.807, 2.05) is 20.4 Å². The minimum atomic E-state index is -0.757. The van der Waals surface area contributed by atoms with Crippen LogP contribution in [0.5, 0.6) is 11.5 Å². The number of thiophene rings is 1. The van der Waals surface area contributed by atoms with Crippen molar-refractivity contribution in [1.29, 1.82) is 0 Å². The predicted molar refractivity (Wildman–Crippen MR) is 147 cm³/mol. The number of ketones is 3. The van der Waals surface area contributed by atoms with E-state index in [-0.39, 0.29) is 40.5 Å². The van der Waals surface area contributed by atoms with Gasteiger partial charge in [0.1, 0.15) is 31.0 Å². The van der Waals surface area contributed by atoms with Gasteiger partial charge in [-0.15, -0.1) is 23.1 Å². The Morgan fingerprint density at radius 1 is 0.700 bits per heavy atom. The van der Waals surface area contributed by atoms with Crippen LogP contribution in [0.15, 0.2) is 0 Å². The smallest absolute Gasteiger partial charge is 0.374 e. The Morgan fingerprint density at radius 3 is 1.43 bits per heavy atom. The third-order valence-corrected chi connectivity index (χ3v) is 5.33. The zero-order valence-corrected chi connectivity index (χ0v) is 24.9. The number of hydrogen-bond donors (Lipinski definition) is 2. The topological polar surface area (TPSA) is 222 Å². The molecule has 2 N–H and O–H groups in total. The van der Waals surface area contributed by atoms with E-state index in [2.05, 4.69) is 14.2 Å². The van der Waals surface area contributed by atoms with Crippen molar-refractivity contribution >= 4 is 78.7 Å². The summed E-state index contributed by atoms with van der Waals surface area (Å²) in [5.41, 5.74) is 0. The molecule has 40 heavy (non-hydrogen) atoms. The van der Waals surface area contributed by atoms with E-state index < -0.39 is 35.0 Å². The number of Topliss-reactive ketones (excluding diaryl/α,β-unsaturated/α-hetero) is 3. The molecule has 0 unspecified atom stereocenters. The normalized spacial score (nSPS) is 8.25. The van der Waals surface area contributed by atoms with Gasteiger partial charge in [0.15, 0.2) is 22.2 Å². The average molecular weight is 613 g/mol. The summed E-state index contributed by atoms with van der Waals surface area (Å²) < 4.78 is 13.6. The first-order chi connectivity index (χ1) is 18.8. The second kappa shape index (κ2) is 31.3. The van der Waals surface area contributed by atoms with Gasteiger partial charge < -0.3 is 38.8 Å². The molecule has 0 saturated heterocycles. The van der Waals surface area contributed by atoms with Crippen molar-refractivity contribution in [1.82, 2.24) is 0 Å². The van der Waals surface area contributed by atoms with Gasteiger partial charge in [-0.2, -0.15) is 0 Å². The highest BCUT2D eigenvalue weighted by molar-refractivity contribution is 8.00. The lowest BCUT2D eigenvalue weighted by Crippen LogP contribution is -2.12. The molecule has 14 nitrogen and oxygen atoms in total. The van der Waals surface area contributed by atoms with E-state index in [4.69, 9.17) is 14.4 Å². The first-order valence-corrected chi connectivity index (χ1v) is 12.8. The van der Waals surface area contributed by atoms with Crippen molar-refractivity contribution in [3.8, 4) is 11.5 Å². The van der Waals surface area contributed by atoms with Crippen LogP contribution in [-0.2, 0) is 47.8 Å². The van der Waals surface area contributed by atoms with Crippen LogP contribution in [0.2, 0.25) is 0 Å². The molecule has 1 rings (SSSR count). The minimum absolute atomic E-state index is 0.0458. The third-order valence-electron chi connectivity index (χ3n) is 3.03. The lowest BCUT2D eigenvalue weighted by Gasteiger charge is -1.98. The Morgan fingerprint density at radius 2 is 1.12 bits per heavy atom. The zero-order chi connectivity index (χ0) is 32.8. The van der Waals surface area contributed by atoms with Gasteiger partial charge in [0.2, 0.25) is 5.78 Å².